The lowest BCUT2D eigenvalue weighted by Gasteiger charge is -2.25. The first-order valence-corrected chi connectivity index (χ1v) is 2.84. The Hall–Kier alpha value is -1.10. The number of aliphatic hydroxyl groups is 1. The molecule has 1 aliphatic heterocycles. The molecule has 0 aromatic heterocycles. The molecule has 0 saturated carbocycles. The van der Waals surface area contributed by atoms with Crippen LogP contribution in [0.5, 0.6) is 0 Å². The second-order valence-corrected chi connectivity index (χ2v) is 2.28. The first kappa shape index (κ1) is 7.01. The Morgan fingerprint density at radius 2 is 2.60 bits per heavy atom. The summed E-state index contributed by atoms with van der Waals surface area (Å²) in [6, 6.07) is 0. The third kappa shape index (κ3) is 0.750. The quantitative estimate of drug-likeness (QED) is 0.437. The van der Waals surface area contributed by atoms with Crippen molar-refractivity contribution in [2.45, 2.75) is 12.6 Å². The summed E-state index contributed by atoms with van der Waals surface area (Å²) in [7, 11) is 0. The van der Waals surface area contributed by atoms with Crippen LogP contribution in [0.4, 0.5) is 0 Å². The van der Waals surface area contributed by atoms with Gasteiger partial charge in [0.25, 0.3) is 0 Å². The molecule has 1 heterocycles. The van der Waals surface area contributed by atoms with Crippen LogP contribution < -0.4 is 5.73 Å². The van der Waals surface area contributed by atoms with Gasteiger partial charge in [0, 0.05) is 0 Å². The lowest BCUT2D eigenvalue weighted by Crippen LogP contribution is -2.50. The number of carbonyl (C=O) groups excluding carboxylic acids is 1. The summed E-state index contributed by atoms with van der Waals surface area (Å²) in [5.74, 6) is 0.0830. The molecule has 0 aliphatic carbocycles. The molecule has 0 fully saturated rings. The lowest BCUT2D eigenvalue weighted by molar-refractivity contribution is -0.129. The highest BCUT2D eigenvalue weighted by Gasteiger charge is 2.36. The zero-order chi connectivity index (χ0) is 7.78. The molecule has 10 heavy (non-hydrogen) atoms. The highest BCUT2D eigenvalue weighted by molar-refractivity contribution is 5.91. The first-order valence-electron chi connectivity index (χ1n) is 2.84. The molecule has 0 aromatic rings. The molecule has 0 radical (unpaired) electrons. The number of amides is 1. The first-order chi connectivity index (χ1) is 4.59. The van der Waals surface area contributed by atoms with E-state index in [1.165, 1.54) is 6.92 Å². The van der Waals surface area contributed by atoms with Crippen molar-refractivity contribution in [3.8, 4) is 0 Å². The van der Waals surface area contributed by atoms with Crippen molar-refractivity contribution in [2.75, 3.05) is 6.67 Å². The normalized spacial score (nSPS) is 32.2. The molecule has 1 unspecified atom stereocenters. The fraction of sp³-hybridized carbons (Fsp3) is 0.600. The largest absolute Gasteiger partial charge is 0.383 e. The molecule has 5 nitrogen and oxygen atoms in total. The van der Waals surface area contributed by atoms with E-state index in [4.69, 9.17) is 5.73 Å². The number of carbonyl (C=O) groups is 1. The van der Waals surface area contributed by atoms with Gasteiger partial charge in [-0.05, 0) is 6.92 Å². The number of rotatable bonds is 1. The number of aliphatic imine (C=N–C) groups is 1. The van der Waals surface area contributed by atoms with Crippen LogP contribution >= 0.6 is 0 Å². The van der Waals surface area contributed by atoms with Crippen LogP contribution in [0, 0.1) is 0 Å². The second-order valence-electron chi connectivity index (χ2n) is 2.28. The summed E-state index contributed by atoms with van der Waals surface area (Å²) in [4.78, 5) is 15.0. The van der Waals surface area contributed by atoms with Crippen molar-refractivity contribution in [1.82, 2.24) is 4.90 Å². The SMILES string of the molecule is CC1(O)C(N)=NCN1C=O. The Morgan fingerprint density at radius 1 is 2.00 bits per heavy atom. The molecular formula is C5H9N3O2. The van der Waals surface area contributed by atoms with Gasteiger partial charge in [0.15, 0.2) is 5.72 Å². The fourth-order valence-electron chi connectivity index (χ4n) is 0.723. The maximum Gasteiger partial charge on any atom is 0.213 e. The number of hydrogen-bond donors (Lipinski definition) is 2. The Morgan fingerprint density at radius 3 is 2.80 bits per heavy atom. The van der Waals surface area contributed by atoms with E-state index < -0.39 is 5.72 Å². The predicted octanol–water partition coefficient (Wildman–Crippen LogP) is -1.52. The van der Waals surface area contributed by atoms with Gasteiger partial charge in [-0.1, -0.05) is 0 Å². The van der Waals surface area contributed by atoms with Gasteiger partial charge in [-0.2, -0.15) is 0 Å². The van der Waals surface area contributed by atoms with Crippen LogP contribution in [0.1, 0.15) is 6.92 Å². The summed E-state index contributed by atoms with van der Waals surface area (Å²) in [6.07, 6.45) is 0.517. The highest BCUT2D eigenvalue weighted by atomic mass is 16.3. The minimum atomic E-state index is -1.39. The number of hydrogen-bond acceptors (Lipinski definition) is 4. The van der Waals surface area contributed by atoms with E-state index in [9.17, 15) is 9.90 Å². The second kappa shape index (κ2) is 1.95. The van der Waals surface area contributed by atoms with Crippen molar-refractivity contribution < 1.29 is 9.90 Å². The van der Waals surface area contributed by atoms with Crippen molar-refractivity contribution >= 4 is 12.2 Å². The Labute approximate surface area is 58.1 Å². The van der Waals surface area contributed by atoms with Gasteiger partial charge < -0.3 is 10.8 Å². The average Bonchev–Trinajstić information content (AvgIpc) is 2.10. The summed E-state index contributed by atoms with van der Waals surface area (Å²) >= 11 is 0. The molecule has 1 aliphatic rings. The van der Waals surface area contributed by atoms with Crippen molar-refractivity contribution in [1.29, 1.82) is 0 Å². The summed E-state index contributed by atoms with van der Waals surface area (Å²) in [6.45, 7) is 1.57. The number of nitrogens with two attached hydrogens (primary N) is 1. The maximum atomic E-state index is 10.2. The van der Waals surface area contributed by atoms with Gasteiger partial charge in [0.1, 0.15) is 12.5 Å². The maximum absolute atomic E-state index is 10.2. The summed E-state index contributed by atoms with van der Waals surface area (Å²) in [5, 5.41) is 9.36. The highest BCUT2D eigenvalue weighted by Crippen LogP contribution is 2.14. The van der Waals surface area contributed by atoms with E-state index in [0.29, 0.717) is 6.41 Å². The van der Waals surface area contributed by atoms with Crippen molar-refractivity contribution in [2.24, 2.45) is 10.7 Å². The molecule has 1 atom stereocenters. The van der Waals surface area contributed by atoms with Gasteiger partial charge in [0.2, 0.25) is 6.41 Å². The molecule has 0 saturated heterocycles. The molecule has 0 spiro atoms. The minimum Gasteiger partial charge on any atom is -0.383 e. The van der Waals surface area contributed by atoms with Gasteiger partial charge >= 0.3 is 0 Å². The van der Waals surface area contributed by atoms with Crippen LogP contribution in [0.3, 0.4) is 0 Å². The Balaban J connectivity index is 2.83. The van der Waals surface area contributed by atoms with E-state index in [1.54, 1.807) is 0 Å². The molecule has 3 N–H and O–H groups in total. The number of amidine groups is 1. The van der Waals surface area contributed by atoms with E-state index in [0.717, 1.165) is 4.90 Å². The van der Waals surface area contributed by atoms with Gasteiger partial charge in [-0.3, -0.25) is 9.69 Å². The van der Waals surface area contributed by atoms with Crippen LogP contribution in [0.2, 0.25) is 0 Å². The molecule has 0 aromatic carbocycles. The summed E-state index contributed by atoms with van der Waals surface area (Å²) < 4.78 is 0. The fourth-order valence-corrected chi connectivity index (χ4v) is 0.723. The topological polar surface area (TPSA) is 78.9 Å². The van der Waals surface area contributed by atoms with Gasteiger partial charge in [0.05, 0.1) is 0 Å². The van der Waals surface area contributed by atoms with Gasteiger partial charge in [-0.15, -0.1) is 0 Å². The molecule has 5 heteroatoms. The van der Waals surface area contributed by atoms with E-state index in [2.05, 4.69) is 4.99 Å². The van der Waals surface area contributed by atoms with Crippen molar-refractivity contribution in [3.05, 3.63) is 0 Å². The molecule has 1 rings (SSSR count). The van der Waals surface area contributed by atoms with E-state index >= 15 is 0 Å². The molecule has 0 bridgehead atoms. The molecule has 1 amide bonds. The average molecular weight is 143 g/mol. The third-order valence-corrected chi connectivity index (χ3v) is 1.57. The smallest absolute Gasteiger partial charge is 0.213 e. The standard InChI is InChI=1S/C5H9N3O2/c1-5(10)4(6)7-2-8(5)3-9/h3,10H,2H2,1H3,(H2,6,7). The summed E-state index contributed by atoms with van der Waals surface area (Å²) in [5.41, 5.74) is 3.89. The number of nitrogens with zero attached hydrogens (tertiary/aromatic N) is 2. The van der Waals surface area contributed by atoms with Crippen molar-refractivity contribution in [3.63, 3.8) is 0 Å². The van der Waals surface area contributed by atoms with Crippen LogP contribution in [0.25, 0.3) is 0 Å². The monoisotopic (exact) mass is 143 g/mol. The lowest BCUT2D eigenvalue weighted by atomic mass is 10.2. The Kier molecular flexibility index (Phi) is 1.37. The molecular weight excluding hydrogens is 134 g/mol. The van der Waals surface area contributed by atoms with E-state index in [-0.39, 0.29) is 12.5 Å². The van der Waals surface area contributed by atoms with Crippen LogP contribution in [0.15, 0.2) is 4.99 Å². The zero-order valence-corrected chi connectivity index (χ0v) is 5.61. The Bertz CT molecular complexity index is 187. The molecule has 56 valence electrons. The van der Waals surface area contributed by atoms with Crippen LogP contribution in [-0.2, 0) is 4.79 Å². The van der Waals surface area contributed by atoms with Crippen LogP contribution in [-0.4, -0.2) is 34.6 Å². The zero-order valence-electron chi connectivity index (χ0n) is 5.61. The van der Waals surface area contributed by atoms with E-state index in [1.807, 2.05) is 0 Å². The predicted molar refractivity (Wildman–Crippen MR) is 35.0 cm³/mol. The van der Waals surface area contributed by atoms with Gasteiger partial charge in [-0.25, -0.2) is 4.99 Å². The minimum absolute atomic E-state index is 0.0830. The third-order valence-electron chi connectivity index (χ3n) is 1.57.